The third-order valence-electron chi connectivity index (χ3n) is 3.09. The first-order valence-corrected chi connectivity index (χ1v) is 6.87. The normalized spacial score (nSPS) is 10.0. The molecule has 0 atom stereocenters. The van der Waals surface area contributed by atoms with Crippen LogP contribution in [-0.2, 0) is 11.8 Å². The summed E-state index contributed by atoms with van der Waals surface area (Å²) in [4.78, 5) is 22.8. The number of benzene rings is 1. The molecule has 0 radical (unpaired) electrons. The van der Waals surface area contributed by atoms with E-state index in [-0.39, 0.29) is 18.1 Å². The molecule has 5 nitrogen and oxygen atoms in total. The highest BCUT2D eigenvalue weighted by atomic mass is 16.5. The molecular weight excluding hydrogens is 280 g/mol. The van der Waals surface area contributed by atoms with Crippen LogP contribution in [0.4, 0.5) is 0 Å². The molecule has 0 bridgehead atoms. The van der Waals surface area contributed by atoms with Crippen LogP contribution in [-0.4, -0.2) is 23.6 Å². The van der Waals surface area contributed by atoms with Gasteiger partial charge < -0.3 is 14.6 Å². The molecule has 22 heavy (non-hydrogen) atoms. The molecular formula is C17H18N2O3. The van der Waals surface area contributed by atoms with E-state index >= 15 is 0 Å². The van der Waals surface area contributed by atoms with Gasteiger partial charge in [0.25, 0.3) is 5.91 Å². The fourth-order valence-electron chi connectivity index (χ4n) is 1.89. The molecule has 114 valence electrons. The molecule has 5 heteroatoms. The van der Waals surface area contributed by atoms with Gasteiger partial charge in [0.05, 0.1) is 0 Å². The molecule has 0 aliphatic rings. The lowest BCUT2D eigenvalue weighted by atomic mass is 10.1. The Morgan fingerprint density at radius 1 is 1.23 bits per heavy atom. The first kappa shape index (κ1) is 15.6. The molecule has 0 unspecified atom stereocenters. The molecule has 1 N–H and O–H groups in total. The number of nitrogens with one attached hydrogen (secondary N) is 1. The number of carbonyl (C=O) groups excluding carboxylic acids is 1. The summed E-state index contributed by atoms with van der Waals surface area (Å²) in [6, 6.07) is 10.7. The monoisotopic (exact) mass is 298 g/mol. The number of carbonyl (C=O) groups is 1. The van der Waals surface area contributed by atoms with Gasteiger partial charge in [0.15, 0.2) is 6.61 Å². The molecule has 0 aliphatic heterocycles. The Bertz CT molecular complexity index is 717. The van der Waals surface area contributed by atoms with Crippen LogP contribution >= 0.6 is 0 Å². The standard InChI is InChI=1S/C17H18N2O3/c1-3-10-18-16(20)12-22-15-7-4-13(5-8-15)14-6-9-17(21)19(2)11-14/h3-9,11H,1,10,12H2,2H3,(H,18,20). The predicted molar refractivity (Wildman–Crippen MR) is 85.8 cm³/mol. The van der Waals surface area contributed by atoms with Crippen molar-refractivity contribution < 1.29 is 9.53 Å². The molecule has 0 aliphatic carbocycles. The largest absolute Gasteiger partial charge is 0.484 e. The van der Waals surface area contributed by atoms with Gasteiger partial charge in [-0.25, -0.2) is 0 Å². The Labute approximate surface area is 128 Å². The number of aryl methyl sites for hydroxylation is 1. The second-order valence-electron chi connectivity index (χ2n) is 4.77. The summed E-state index contributed by atoms with van der Waals surface area (Å²) in [5.41, 5.74) is 1.87. The lowest BCUT2D eigenvalue weighted by molar-refractivity contribution is -0.122. The zero-order chi connectivity index (χ0) is 15.9. The Morgan fingerprint density at radius 2 is 1.91 bits per heavy atom. The molecule has 0 spiro atoms. The average Bonchev–Trinajstić information content (AvgIpc) is 2.54. The molecule has 2 aromatic rings. The van der Waals surface area contributed by atoms with Crippen LogP contribution in [0.25, 0.3) is 11.1 Å². The van der Waals surface area contributed by atoms with E-state index in [4.69, 9.17) is 4.74 Å². The smallest absolute Gasteiger partial charge is 0.258 e. The highest BCUT2D eigenvalue weighted by Crippen LogP contribution is 2.21. The maximum atomic E-state index is 11.4. The number of ether oxygens (including phenoxy) is 1. The maximum absolute atomic E-state index is 11.4. The summed E-state index contributed by atoms with van der Waals surface area (Å²) < 4.78 is 6.93. The Morgan fingerprint density at radius 3 is 2.55 bits per heavy atom. The van der Waals surface area contributed by atoms with Crippen molar-refractivity contribution >= 4 is 5.91 Å². The third kappa shape index (κ3) is 4.09. The van der Waals surface area contributed by atoms with Crippen molar-refractivity contribution in [1.82, 2.24) is 9.88 Å². The van der Waals surface area contributed by atoms with E-state index < -0.39 is 0 Å². The van der Waals surface area contributed by atoms with Gasteiger partial charge in [0.2, 0.25) is 5.56 Å². The second-order valence-corrected chi connectivity index (χ2v) is 4.77. The summed E-state index contributed by atoms with van der Waals surface area (Å²) >= 11 is 0. The van der Waals surface area contributed by atoms with Gasteiger partial charge in [-0.1, -0.05) is 18.2 Å². The highest BCUT2D eigenvalue weighted by molar-refractivity contribution is 5.77. The summed E-state index contributed by atoms with van der Waals surface area (Å²) in [6.07, 6.45) is 3.39. The van der Waals surface area contributed by atoms with Crippen LogP contribution in [0.2, 0.25) is 0 Å². The number of amides is 1. The first-order valence-electron chi connectivity index (χ1n) is 6.87. The third-order valence-corrected chi connectivity index (χ3v) is 3.09. The van der Waals surface area contributed by atoms with Gasteiger partial charge in [-0.15, -0.1) is 6.58 Å². The number of pyridine rings is 1. The molecule has 1 amide bonds. The van der Waals surface area contributed by atoms with Crippen LogP contribution in [0.3, 0.4) is 0 Å². The van der Waals surface area contributed by atoms with Gasteiger partial charge in [-0.05, 0) is 29.3 Å². The Balaban J connectivity index is 2.01. The number of hydrogen-bond donors (Lipinski definition) is 1. The minimum Gasteiger partial charge on any atom is -0.484 e. The van der Waals surface area contributed by atoms with Crippen molar-refractivity contribution in [2.75, 3.05) is 13.2 Å². The van der Waals surface area contributed by atoms with Crippen molar-refractivity contribution in [3.8, 4) is 16.9 Å². The molecule has 2 rings (SSSR count). The maximum Gasteiger partial charge on any atom is 0.258 e. The van der Waals surface area contributed by atoms with Gasteiger partial charge in [0, 0.05) is 25.9 Å². The first-order chi connectivity index (χ1) is 10.6. The molecule has 0 fully saturated rings. The number of aromatic nitrogens is 1. The molecule has 0 saturated heterocycles. The summed E-state index contributed by atoms with van der Waals surface area (Å²) in [7, 11) is 1.71. The van der Waals surface area contributed by atoms with Crippen LogP contribution in [0, 0.1) is 0 Å². The topological polar surface area (TPSA) is 60.3 Å². The van der Waals surface area contributed by atoms with Crippen molar-refractivity contribution in [2.24, 2.45) is 7.05 Å². The predicted octanol–water partition coefficient (Wildman–Crippen LogP) is 1.73. The minimum atomic E-state index is -0.193. The Kier molecular flexibility index (Phi) is 5.14. The second kappa shape index (κ2) is 7.26. The number of hydrogen-bond acceptors (Lipinski definition) is 3. The van der Waals surface area contributed by atoms with Crippen LogP contribution in [0.1, 0.15) is 0 Å². The van der Waals surface area contributed by atoms with E-state index in [1.807, 2.05) is 12.1 Å². The van der Waals surface area contributed by atoms with Crippen LogP contribution < -0.4 is 15.6 Å². The van der Waals surface area contributed by atoms with Gasteiger partial charge in [0.1, 0.15) is 5.75 Å². The number of nitrogens with zero attached hydrogens (tertiary/aromatic N) is 1. The van der Waals surface area contributed by atoms with Gasteiger partial charge >= 0.3 is 0 Å². The zero-order valence-corrected chi connectivity index (χ0v) is 12.4. The quantitative estimate of drug-likeness (QED) is 0.826. The molecule has 1 aromatic heterocycles. The van der Waals surface area contributed by atoms with E-state index in [0.717, 1.165) is 11.1 Å². The van der Waals surface area contributed by atoms with Crippen molar-refractivity contribution in [3.63, 3.8) is 0 Å². The fourth-order valence-corrected chi connectivity index (χ4v) is 1.89. The Hall–Kier alpha value is -2.82. The van der Waals surface area contributed by atoms with E-state index in [0.29, 0.717) is 12.3 Å². The van der Waals surface area contributed by atoms with E-state index in [2.05, 4.69) is 11.9 Å². The van der Waals surface area contributed by atoms with E-state index in [9.17, 15) is 9.59 Å². The van der Waals surface area contributed by atoms with Gasteiger partial charge in [-0.2, -0.15) is 0 Å². The van der Waals surface area contributed by atoms with Crippen molar-refractivity contribution in [3.05, 3.63) is 65.6 Å². The average molecular weight is 298 g/mol. The van der Waals surface area contributed by atoms with Crippen LogP contribution in [0.5, 0.6) is 5.75 Å². The molecule has 0 saturated carbocycles. The lowest BCUT2D eigenvalue weighted by Crippen LogP contribution is -2.28. The van der Waals surface area contributed by atoms with E-state index in [1.165, 1.54) is 10.6 Å². The van der Waals surface area contributed by atoms with Crippen LogP contribution in [0.15, 0.2) is 60.0 Å². The van der Waals surface area contributed by atoms with E-state index in [1.54, 1.807) is 37.5 Å². The lowest BCUT2D eigenvalue weighted by Gasteiger charge is -2.08. The fraction of sp³-hybridized carbons (Fsp3) is 0.176. The minimum absolute atomic E-state index is 0.0347. The summed E-state index contributed by atoms with van der Waals surface area (Å²) in [6.45, 7) is 3.91. The molecule has 1 heterocycles. The molecule has 1 aromatic carbocycles. The zero-order valence-electron chi connectivity index (χ0n) is 12.4. The SMILES string of the molecule is C=CCNC(=O)COc1ccc(-c2ccc(=O)n(C)c2)cc1. The van der Waals surface area contributed by atoms with Crippen molar-refractivity contribution in [2.45, 2.75) is 0 Å². The van der Waals surface area contributed by atoms with Gasteiger partial charge in [-0.3, -0.25) is 9.59 Å². The van der Waals surface area contributed by atoms with Crippen molar-refractivity contribution in [1.29, 1.82) is 0 Å². The summed E-state index contributed by atoms with van der Waals surface area (Å²) in [5, 5.41) is 2.64. The summed E-state index contributed by atoms with van der Waals surface area (Å²) in [5.74, 6) is 0.421. The number of rotatable bonds is 6. The highest BCUT2D eigenvalue weighted by Gasteiger charge is 2.03.